The number of carboxylic acids is 1. The highest BCUT2D eigenvalue weighted by molar-refractivity contribution is 5.93. The van der Waals surface area contributed by atoms with E-state index in [-0.39, 0.29) is 0 Å². The molecule has 0 aliphatic heterocycles. The van der Waals surface area contributed by atoms with Crippen molar-refractivity contribution in [3.8, 4) is 0 Å². The molecule has 184 valence electrons. The van der Waals surface area contributed by atoms with Crippen molar-refractivity contribution >= 4 is 23.8 Å². The van der Waals surface area contributed by atoms with Gasteiger partial charge in [-0.05, 0) is 31.0 Å². The number of hydrogen-bond acceptors (Lipinski definition) is 6. The van der Waals surface area contributed by atoms with Gasteiger partial charge < -0.3 is 20.5 Å². The molecule has 0 aliphatic carbocycles. The molecular formula is C24H37N3O6. The summed E-state index contributed by atoms with van der Waals surface area (Å²) >= 11 is 0. The van der Waals surface area contributed by atoms with E-state index in [1.807, 2.05) is 13.8 Å². The van der Waals surface area contributed by atoms with Gasteiger partial charge in [-0.25, -0.2) is 4.79 Å². The first kappa shape index (κ1) is 26.3. The molecule has 0 heterocycles. The lowest BCUT2D eigenvalue weighted by molar-refractivity contribution is -0.146. The van der Waals surface area contributed by atoms with Crippen LogP contribution in [0.1, 0.15) is 58.6 Å². The van der Waals surface area contributed by atoms with E-state index in [1.165, 1.54) is 7.11 Å². The average molecular weight is 465 g/mol. The quantitative estimate of drug-likeness (QED) is 0.360. The van der Waals surface area contributed by atoms with Crippen LogP contribution in [0.25, 0.3) is 0 Å². The van der Waals surface area contributed by atoms with Crippen molar-refractivity contribution in [3.63, 3.8) is 0 Å². The smallest absolute Gasteiger partial charge is 0.333 e. The Morgan fingerprint density at radius 2 is 1.76 bits per heavy atom. The molecule has 3 atom stereocenters. The van der Waals surface area contributed by atoms with Crippen LogP contribution in [-0.4, -0.2) is 66.0 Å². The topological polar surface area (TPSA) is 125 Å². The summed E-state index contributed by atoms with van der Waals surface area (Å²) in [6, 6.07) is 5.07. The van der Waals surface area contributed by atoms with E-state index >= 15 is 0 Å². The summed E-state index contributed by atoms with van der Waals surface area (Å²) in [5, 5.41) is 12.5. The summed E-state index contributed by atoms with van der Waals surface area (Å²) in [6.07, 6.45) is 1.15. The van der Waals surface area contributed by atoms with Crippen molar-refractivity contribution in [3.05, 3.63) is 35.9 Å². The number of aliphatic carboxylic acids is 1. The molecule has 0 saturated heterocycles. The zero-order valence-corrected chi connectivity index (χ0v) is 20.1. The molecule has 0 aliphatic rings. The normalized spacial score (nSPS) is 14.2. The Morgan fingerprint density at radius 3 is 2.24 bits per heavy atom. The number of carboxylic acid groups (broad SMARTS) is 1. The van der Waals surface area contributed by atoms with Gasteiger partial charge in [0.1, 0.15) is 6.04 Å². The van der Waals surface area contributed by atoms with E-state index < -0.39 is 54.2 Å². The molecule has 0 spiro atoms. The molecule has 9 nitrogen and oxygen atoms in total. The van der Waals surface area contributed by atoms with Gasteiger partial charge in [-0.1, -0.05) is 64.4 Å². The van der Waals surface area contributed by atoms with E-state index in [4.69, 9.17) is 6.15 Å². The number of rotatable bonds is 14. The fraction of sp³-hybridized carbons (Fsp3) is 0.583. The number of likely N-dealkylation sites (N-methyl/N-ethyl adjacent to an activating group) is 1. The number of carbonyl (C=O) groups is 4. The number of hydrogen-bond donors (Lipinski definition) is 3. The van der Waals surface area contributed by atoms with Crippen LogP contribution in [-0.2, 0) is 23.9 Å². The Labute approximate surface area is 197 Å². The van der Waals surface area contributed by atoms with Crippen molar-refractivity contribution in [2.75, 3.05) is 20.2 Å². The Bertz CT molecular complexity index is 820. The number of methoxy groups -OCH3 is 1. The molecule has 9 heteroatoms. The molecule has 0 saturated carbocycles. The molecule has 3 N–H and O–H groups in total. The number of carbonyl (C=O) groups excluding carboxylic acids is 3. The van der Waals surface area contributed by atoms with Crippen LogP contribution in [0.4, 0.5) is 0 Å². The molecule has 0 fully saturated rings. The Kier molecular flexibility index (Phi) is 11.4. The molecule has 33 heavy (non-hydrogen) atoms. The second kappa shape index (κ2) is 14.3. The molecule has 1 rings (SSSR count). The molecule has 1 aromatic rings. The number of amides is 2. The molecule has 1 unspecified atom stereocenters. The highest BCUT2D eigenvalue weighted by Crippen LogP contribution is 2.16. The van der Waals surface area contributed by atoms with Crippen LogP contribution < -0.4 is 10.6 Å². The van der Waals surface area contributed by atoms with Gasteiger partial charge in [0, 0.05) is 0 Å². The van der Waals surface area contributed by atoms with Crippen LogP contribution in [0.3, 0.4) is 0 Å². The Balaban J connectivity index is 3.21. The lowest BCUT2D eigenvalue weighted by Gasteiger charge is -2.31. The van der Waals surface area contributed by atoms with Crippen molar-refractivity contribution in [2.24, 2.45) is 5.92 Å². The number of unbranched alkanes of at least 4 members (excludes halogenated alkanes) is 1. The van der Waals surface area contributed by atoms with Gasteiger partial charge in [0.05, 0.1) is 19.6 Å². The van der Waals surface area contributed by atoms with Crippen LogP contribution in [0.2, 0.25) is 1.41 Å². The van der Waals surface area contributed by atoms with E-state index in [1.54, 1.807) is 49.1 Å². The third-order valence-corrected chi connectivity index (χ3v) is 5.32. The molecule has 0 aromatic heterocycles. The number of esters is 1. The van der Waals surface area contributed by atoms with Gasteiger partial charge in [-0.15, -0.1) is 0 Å². The predicted molar refractivity (Wildman–Crippen MR) is 124 cm³/mol. The van der Waals surface area contributed by atoms with Gasteiger partial charge in [-0.2, -0.15) is 0 Å². The van der Waals surface area contributed by atoms with E-state index in [0.29, 0.717) is 24.0 Å². The van der Waals surface area contributed by atoms with E-state index in [9.17, 15) is 24.3 Å². The number of benzene rings is 1. The first-order valence-electron chi connectivity index (χ1n) is 11.7. The number of ether oxygens (including phenoxy) is 1. The fourth-order valence-electron chi connectivity index (χ4n) is 3.44. The van der Waals surface area contributed by atoms with Crippen molar-refractivity contribution in [2.45, 2.75) is 65.1 Å². The molecule has 2 amide bonds. The minimum atomic E-state index is -1.25. The lowest BCUT2D eigenvalue weighted by atomic mass is 10.0. The maximum Gasteiger partial charge on any atom is 0.333 e. The van der Waals surface area contributed by atoms with Crippen LogP contribution in [0.15, 0.2) is 30.3 Å². The van der Waals surface area contributed by atoms with Crippen molar-refractivity contribution in [1.29, 1.82) is 0 Å². The summed E-state index contributed by atoms with van der Waals surface area (Å²) in [5.74, 6) is -3.81. The minimum Gasteiger partial charge on any atom is -0.481 e. The largest absolute Gasteiger partial charge is 0.481 e. The lowest BCUT2D eigenvalue weighted by Crippen LogP contribution is -2.56. The molecule has 1 aromatic carbocycles. The number of nitrogens with one attached hydrogen (secondary N) is 2. The first-order chi connectivity index (χ1) is 16.1. The maximum absolute atomic E-state index is 13.3. The van der Waals surface area contributed by atoms with Gasteiger partial charge in [-0.3, -0.25) is 19.3 Å². The second-order valence-electron chi connectivity index (χ2n) is 8.13. The van der Waals surface area contributed by atoms with Crippen LogP contribution in [0, 0.1) is 5.92 Å². The molecular weight excluding hydrogens is 426 g/mol. The van der Waals surface area contributed by atoms with Crippen molar-refractivity contribution < 1.29 is 30.4 Å². The third kappa shape index (κ3) is 8.84. The standard InChI is InChI=1S/C24H37N3O6/c1-6-8-14-27(7-2)18(15-19(28)29)22(30)25-20(16(3)4)23(31)26-21(24(32)33-5)17-12-10-9-11-13-17/h9-13,16,18,20-21H,6-8,14-15H2,1-5H3,(H,25,30)(H,26,31)(H,28,29)/t18-,20+,21?/m0/s1/i/hD. The van der Waals surface area contributed by atoms with E-state index in [0.717, 1.165) is 12.8 Å². The summed E-state index contributed by atoms with van der Waals surface area (Å²) in [7, 11) is 1.21. The summed E-state index contributed by atoms with van der Waals surface area (Å²) < 4.78 is 13.3. The zero-order valence-electron chi connectivity index (χ0n) is 21.1. The number of nitrogens with zero attached hydrogens (tertiary/aromatic N) is 1. The summed E-state index contributed by atoms with van der Waals surface area (Å²) in [5.41, 5.74) is 0.494. The van der Waals surface area contributed by atoms with Gasteiger partial charge in [0.2, 0.25) is 11.8 Å². The summed E-state index contributed by atoms with van der Waals surface area (Å²) in [6.45, 7) is 8.09. The van der Waals surface area contributed by atoms with Gasteiger partial charge in [0.15, 0.2) is 7.45 Å². The van der Waals surface area contributed by atoms with Crippen LogP contribution in [0.5, 0.6) is 0 Å². The van der Waals surface area contributed by atoms with Crippen molar-refractivity contribution in [1.82, 2.24) is 15.5 Å². The van der Waals surface area contributed by atoms with Gasteiger partial charge in [0.25, 0.3) is 0 Å². The van der Waals surface area contributed by atoms with E-state index in [2.05, 4.69) is 5.32 Å². The Hall–Kier alpha value is -2.94. The molecule has 0 bridgehead atoms. The summed E-state index contributed by atoms with van der Waals surface area (Å²) in [4.78, 5) is 52.1. The minimum absolute atomic E-state index is 0.425. The maximum atomic E-state index is 13.3. The monoisotopic (exact) mass is 464 g/mol. The highest BCUT2D eigenvalue weighted by Gasteiger charge is 2.34. The predicted octanol–water partition coefficient (Wildman–Crippen LogP) is 2.12. The average Bonchev–Trinajstić information content (AvgIpc) is 2.81. The second-order valence-corrected chi connectivity index (χ2v) is 8.13. The zero-order chi connectivity index (χ0) is 25.8. The fourth-order valence-corrected chi connectivity index (χ4v) is 3.44. The van der Waals surface area contributed by atoms with Gasteiger partial charge >= 0.3 is 11.9 Å². The molecule has 0 radical (unpaired) electrons. The third-order valence-electron chi connectivity index (χ3n) is 5.32. The SMILES string of the molecule is [2H]N(C(=O)[C@H](CC(=O)O)N(CC)CCCC)[C@@H](C(=O)NC(C(=O)OC)c1ccccc1)C(C)C. The first-order valence-corrected chi connectivity index (χ1v) is 11.3. The Morgan fingerprint density at radius 1 is 1.12 bits per heavy atom. The highest BCUT2D eigenvalue weighted by atomic mass is 16.5. The van der Waals surface area contributed by atoms with Crippen LogP contribution >= 0.6 is 0 Å².